The summed E-state index contributed by atoms with van der Waals surface area (Å²) < 4.78 is 49.5. The Morgan fingerprint density at radius 3 is 2.90 bits per heavy atom. The van der Waals surface area contributed by atoms with Gasteiger partial charge in [-0.15, -0.1) is 0 Å². The molecule has 49 heavy (non-hydrogen) atoms. The van der Waals surface area contributed by atoms with Gasteiger partial charge in [0.1, 0.15) is 35.9 Å². The molecule has 9 heterocycles. The van der Waals surface area contributed by atoms with E-state index >= 15 is 4.39 Å². The van der Waals surface area contributed by atoms with E-state index in [0.29, 0.717) is 65.2 Å². The van der Waals surface area contributed by atoms with Crippen LogP contribution in [0.2, 0.25) is 5.02 Å². The van der Waals surface area contributed by atoms with E-state index in [1.54, 1.807) is 18.5 Å². The van der Waals surface area contributed by atoms with Crippen molar-refractivity contribution >= 4 is 45.4 Å². The van der Waals surface area contributed by atoms with E-state index in [-0.39, 0.29) is 53.8 Å². The summed E-state index contributed by atoms with van der Waals surface area (Å²) in [5.41, 5.74) is 1.66. The molecule has 6 aliphatic heterocycles. The van der Waals surface area contributed by atoms with Gasteiger partial charge in [-0.1, -0.05) is 11.6 Å². The number of pyridine rings is 1. The number of aromatic amines is 1. The van der Waals surface area contributed by atoms with E-state index in [1.165, 1.54) is 0 Å². The van der Waals surface area contributed by atoms with Gasteiger partial charge in [-0.05, 0) is 74.5 Å². The number of carbonyl (C=O) groups excluding carboxylic acids is 1. The van der Waals surface area contributed by atoms with Gasteiger partial charge in [0.25, 0.3) is 0 Å². The molecule has 3 aromatic heterocycles. The normalized spacial score (nSPS) is 32.2. The van der Waals surface area contributed by atoms with Crippen molar-refractivity contribution in [1.82, 2.24) is 30.0 Å². The molecule has 0 radical (unpaired) electrons. The molecular formula is C35H36ClF2N7O4. The fourth-order valence-corrected chi connectivity index (χ4v) is 10.0. The van der Waals surface area contributed by atoms with E-state index in [1.807, 2.05) is 0 Å². The lowest BCUT2D eigenvalue weighted by Gasteiger charge is -2.52. The average Bonchev–Trinajstić information content (AvgIpc) is 3.31. The van der Waals surface area contributed by atoms with E-state index in [9.17, 15) is 9.18 Å². The number of piperidine rings is 1. The number of H-pyrrole nitrogens is 1. The molecular weight excluding hydrogens is 656 g/mol. The molecule has 12 rings (SSSR count). The van der Waals surface area contributed by atoms with E-state index in [0.717, 1.165) is 50.6 Å². The average molecular weight is 692 g/mol. The highest BCUT2D eigenvalue weighted by Crippen LogP contribution is 2.55. The maximum atomic E-state index is 17.3. The maximum absolute atomic E-state index is 17.3. The predicted octanol–water partition coefficient (Wildman–Crippen LogP) is 6.34. The fraction of sp³-hybridized carbons (Fsp3) is 0.571. The van der Waals surface area contributed by atoms with Crippen molar-refractivity contribution in [1.29, 1.82) is 0 Å². The van der Waals surface area contributed by atoms with Gasteiger partial charge in [0, 0.05) is 54.1 Å². The van der Waals surface area contributed by atoms with Gasteiger partial charge in [0.2, 0.25) is 0 Å². The topological polar surface area (TPSA) is 119 Å². The van der Waals surface area contributed by atoms with Crippen LogP contribution in [0.25, 0.3) is 33.1 Å². The zero-order valence-electron chi connectivity index (χ0n) is 26.9. The number of nitrogens with zero attached hydrogens (tertiary/aromatic N) is 6. The van der Waals surface area contributed by atoms with Crippen LogP contribution in [-0.2, 0) is 9.47 Å². The summed E-state index contributed by atoms with van der Waals surface area (Å²) in [4.78, 5) is 31.5. The van der Waals surface area contributed by atoms with Gasteiger partial charge in [-0.3, -0.25) is 15.0 Å². The summed E-state index contributed by atoms with van der Waals surface area (Å²) in [6.45, 7) is 3.03. The molecule has 1 unspecified atom stereocenters. The van der Waals surface area contributed by atoms with E-state index in [4.69, 9.17) is 40.8 Å². The number of hydrogen-bond acceptors (Lipinski definition) is 10. The lowest BCUT2D eigenvalue weighted by Crippen LogP contribution is -2.53. The first kappa shape index (κ1) is 30.0. The van der Waals surface area contributed by atoms with Crippen molar-refractivity contribution < 1.29 is 27.8 Å². The number of benzene rings is 1. The number of carbonyl (C=O) groups is 1. The summed E-state index contributed by atoms with van der Waals surface area (Å²) in [5.74, 6) is -0.129. The van der Waals surface area contributed by atoms with Crippen LogP contribution in [0.15, 0.2) is 18.5 Å². The van der Waals surface area contributed by atoms with Crippen LogP contribution in [0, 0.1) is 17.2 Å². The fourth-order valence-electron chi connectivity index (χ4n) is 9.68. The molecule has 0 amide bonds. The van der Waals surface area contributed by atoms with Gasteiger partial charge in [-0.25, -0.2) is 13.6 Å². The van der Waals surface area contributed by atoms with Crippen molar-refractivity contribution in [3.05, 3.63) is 34.9 Å². The van der Waals surface area contributed by atoms with Crippen LogP contribution >= 0.6 is 11.6 Å². The Labute approximate surface area is 285 Å². The zero-order valence-corrected chi connectivity index (χ0v) is 27.6. The summed E-state index contributed by atoms with van der Waals surface area (Å²) in [7, 11) is 0. The molecule has 5 fully saturated rings. The second kappa shape index (κ2) is 10.8. The summed E-state index contributed by atoms with van der Waals surface area (Å²) in [6.07, 6.45) is 7.81. The number of aromatic nitrogens is 5. The number of alkyl halides is 1. The smallest absolute Gasteiger partial charge is 0.461 e. The third-order valence-electron chi connectivity index (χ3n) is 12.1. The largest absolute Gasteiger partial charge is 0.508 e. The lowest BCUT2D eigenvalue weighted by atomic mass is 9.62. The van der Waals surface area contributed by atoms with Gasteiger partial charge in [0.15, 0.2) is 5.82 Å². The Morgan fingerprint density at radius 2 is 2.00 bits per heavy atom. The minimum absolute atomic E-state index is 0.00171. The highest BCUT2D eigenvalue weighted by molar-refractivity contribution is 6.33. The van der Waals surface area contributed by atoms with Crippen molar-refractivity contribution in [2.75, 3.05) is 44.3 Å². The molecule has 4 atom stereocenters. The van der Waals surface area contributed by atoms with Gasteiger partial charge in [0.05, 0.1) is 29.2 Å². The van der Waals surface area contributed by atoms with Crippen LogP contribution in [-0.4, -0.2) is 93.4 Å². The summed E-state index contributed by atoms with van der Waals surface area (Å²) >= 11 is 6.92. The molecule has 8 aliphatic rings. The highest BCUT2D eigenvalue weighted by Gasteiger charge is 2.51. The Balaban J connectivity index is 1.13. The first-order valence-electron chi connectivity index (χ1n) is 17.4. The Hall–Kier alpha value is -3.84. The molecule has 11 nitrogen and oxygen atoms in total. The Morgan fingerprint density at radius 1 is 1.12 bits per heavy atom. The van der Waals surface area contributed by atoms with Crippen LogP contribution in [0.1, 0.15) is 62.8 Å². The number of rotatable bonds is 3. The van der Waals surface area contributed by atoms with Crippen molar-refractivity contribution in [3.63, 3.8) is 0 Å². The van der Waals surface area contributed by atoms with Gasteiger partial charge >= 0.3 is 12.2 Å². The Kier molecular flexibility index (Phi) is 6.63. The number of anilines is 1. The first-order chi connectivity index (χ1) is 23.8. The molecule has 1 N–H and O–H groups in total. The number of fused-ring (bicyclic) bond motifs is 2. The Bertz CT molecular complexity index is 2020. The molecule has 3 saturated heterocycles. The molecule has 14 heteroatoms. The quantitative estimate of drug-likeness (QED) is 0.244. The second-order valence-electron chi connectivity index (χ2n) is 15.2. The second-order valence-corrected chi connectivity index (χ2v) is 15.6. The predicted molar refractivity (Wildman–Crippen MR) is 176 cm³/mol. The molecule has 7 bridgehead atoms. The highest BCUT2D eigenvalue weighted by atomic mass is 35.5. The van der Waals surface area contributed by atoms with Crippen LogP contribution < -0.4 is 9.64 Å². The van der Waals surface area contributed by atoms with Crippen LogP contribution in [0.3, 0.4) is 0 Å². The van der Waals surface area contributed by atoms with Gasteiger partial charge < -0.3 is 19.1 Å². The zero-order chi connectivity index (χ0) is 33.1. The monoisotopic (exact) mass is 691 g/mol. The minimum Gasteiger partial charge on any atom is -0.461 e. The third kappa shape index (κ3) is 4.78. The minimum atomic E-state index is -0.900. The SMILES string of the molecule is O=C1OCC2C[C@H]2c2c(Cl)cc3[nH]ncc3c2-c2ncc3c(nc(OC[C@@]45CCCN4C[C@H](F)C5)nc3c2F)N2CCCC3(CC(C3)O1)C2. The van der Waals surface area contributed by atoms with Crippen LogP contribution in [0.4, 0.5) is 19.4 Å². The number of hydrogen-bond donors (Lipinski definition) is 1. The number of ether oxygens (including phenoxy) is 3. The van der Waals surface area contributed by atoms with E-state index in [2.05, 4.69) is 20.0 Å². The van der Waals surface area contributed by atoms with Crippen LogP contribution in [0.5, 0.6) is 6.01 Å². The summed E-state index contributed by atoms with van der Waals surface area (Å²) in [6, 6.07) is 1.86. The third-order valence-corrected chi connectivity index (χ3v) is 12.4. The first-order valence-corrected chi connectivity index (χ1v) is 17.8. The standard InChI is InChI=1S/C35H36ClF2N7O4/c36-24-8-25-22(13-40-43-25)27-26(24)21-7-18(21)15-47-33(46)49-20-10-34(11-20)3-1-5-44(16-34)31-23-12-39-30(27)28(38)29(23)41-32(42-31)48-17-35-4-2-6-45(35)14-19(37)9-35/h8,12-13,18-21H,1-7,9-11,14-17H2,(H,40,43)/t18?,19-,20?,21-,34?,35+/m1/s1. The number of nitrogens with one attached hydrogen (secondary N) is 1. The van der Waals surface area contributed by atoms with Crippen molar-refractivity contribution in [3.8, 4) is 17.3 Å². The lowest BCUT2D eigenvalue weighted by molar-refractivity contribution is -0.0726. The molecule has 4 aromatic rings. The molecule has 1 aromatic carbocycles. The van der Waals surface area contributed by atoms with Crippen molar-refractivity contribution in [2.24, 2.45) is 11.3 Å². The molecule has 2 aliphatic carbocycles. The summed E-state index contributed by atoms with van der Waals surface area (Å²) in [5, 5.41) is 8.82. The van der Waals surface area contributed by atoms with Crippen molar-refractivity contribution in [2.45, 2.75) is 75.1 Å². The van der Waals surface area contributed by atoms with E-state index < -0.39 is 23.7 Å². The molecule has 256 valence electrons. The molecule has 2 saturated carbocycles. The number of halogens is 3. The van der Waals surface area contributed by atoms with Gasteiger partial charge in [-0.2, -0.15) is 15.1 Å². The molecule has 1 spiro atoms. The maximum Gasteiger partial charge on any atom is 0.508 e.